The molecule has 2 aliphatic rings. The Morgan fingerprint density at radius 1 is 1.08 bits per heavy atom. The SMILES string of the molecule is CC(C)S(=O)(=O)C[C@H](C1CC1)N1C(=O)[C@@H](CC(=O)O)O[C@H](c2cccc(Cl)c2)[C@H]1c1ccc(Cl)cc1. The van der Waals surface area contributed by atoms with Crippen LogP contribution in [0.15, 0.2) is 48.5 Å². The fraction of sp³-hybridized carbons (Fsp3) is 0.462. The third kappa shape index (κ3) is 5.88. The third-order valence-corrected chi connectivity index (χ3v) is 9.55. The number of hydrogen-bond donors (Lipinski definition) is 1. The molecule has 7 nitrogen and oxygen atoms in total. The van der Waals surface area contributed by atoms with Gasteiger partial charge in [0.25, 0.3) is 5.91 Å². The number of morpholine rings is 1. The summed E-state index contributed by atoms with van der Waals surface area (Å²) in [6.07, 6.45) is -0.981. The van der Waals surface area contributed by atoms with E-state index in [1.54, 1.807) is 61.2 Å². The molecule has 0 unspecified atom stereocenters. The van der Waals surface area contributed by atoms with Gasteiger partial charge in [-0.2, -0.15) is 0 Å². The van der Waals surface area contributed by atoms with Crippen LogP contribution in [0.3, 0.4) is 0 Å². The second-order valence-electron chi connectivity index (χ2n) is 9.72. The normalized spacial score (nSPS) is 23.6. The average Bonchev–Trinajstić information content (AvgIpc) is 3.64. The van der Waals surface area contributed by atoms with Gasteiger partial charge in [0.1, 0.15) is 12.2 Å². The topological polar surface area (TPSA) is 101 Å². The van der Waals surface area contributed by atoms with Crippen molar-refractivity contribution in [2.75, 3.05) is 5.75 Å². The molecular formula is C26H29Cl2NO6S. The number of carboxylic acid groups (broad SMARTS) is 1. The molecule has 10 heteroatoms. The van der Waals surface area contributed by atoms with E-state index in [1.807, 2.05) is 6.07 Å². The number of rotatable bonds is 9. The Balaban J connectivity index is 1.89. The lowest BCUT2D eigenvalue weighted by Crippen LogP contribution is -2.57. The number of carbonyl (C=O) groups is 2. The van der Waals surface area contributed by atoms with E-state index in [0.717, 1.165) is 12.8 Å². The van der Waals surface area contributed by atoms with Crippen molar-refractivity contribution in [2.45, 2.75) is 62.7 Å². The number of sulfone groups is 1. The minimum Gasteiger partial charge on any atom is -0.481 e. The molecule has 2 aromatic rings. The molecule has 1 saturated carbocycles. The van der Waals surface area contributed by atoms with Gasteiger partial charge in [-0.1, -0.05) is 47.5 Å². The maximum absolute atomic E-state index is 13.9. The highest BCUT2D eigenvalue weighted by Gasteiger charge is 2.51. The summed E-state index contributed by atoms with van der Waals surface area (Å²) in [6.45, 7) is 3.25. The Bertz CT molecular complexity index is 1230. The van der Waals surface area contributed by atoms with Gasteiger partial charge in [0.15, 0.2) is 9.84 Å². The van der Waals surface area contributed by atoms with Gasteiger partial charge in [-0.25, -0.2) is 8.42 Å². The second-order valence-corrected chi connectivity index (χ2v) is 13.2. The Hall–Kier alpha value is -2.13. The van der Waals surface area contributed by atoms with E-state index in [2.05, 4.69) is 0 Å². The number of halogens is 2. The first-order chi connectivity index (χ1) is 17.0. The Morgan fingerprint density at radius 3 is 2.31 bits per heavy atom. The fourth-order valence-electron chi connectivity index (χ4n) is 4.72. The van der Waals surface area contributed by atoms with Crippen LogP contribution >= 0.6 is 23.2 Å². The maximum Gasteiger partial charge on any atom is 0.306 e. The molecule has 4 rings (SSSR count). The molecule has 194 valence electrons. The van der Waals surface area contributed by atoms with Gasteiger partial charge in [-0.3, -0.25) is 9.59 Å². The molecule has 2 aromatic carbocycles. The van der Waals surface area contributed by atoms with Crippen molar-refractivity contribution >= 4 is 44.9 Å². The first kappa shape index (κ1) is 26.9. The van der Waals surface area contributed by atoms with E-state index < -0.39 is 57.7 Å². The number of hydrogen-bond acceptors (Lipinski definition) is 5. The number of amides is 1. The highest BCUT2D eigenvalue weighted by molar-refractivity contribution is 7.92. The summed E-state index contributed by atoms with van der Waals surface area (Å²) in [6, 6.07) is 12.7. The van der Waals surface area contributed by atoms with Gasteiger partial charge in [0, 0.05) is 16.1 Å². The monoisotopic (exact) mass is 553 g/mol. The zero-order valence-electron chi connectivity index (χ0n) is 20.0. The zero-order chi connectivity index (χ0) is 26.2. The molecule has 2 fully saturated rings. The van der Waals surface area contributed by atoms with Crippen LogP contribution < -0.4 is 0 Å². The molecular weight excluding hydrogens is 525 g/mol. The van der Waals surface area contributed by atoms with Crippen molar-refractivity contribution < 1.29 is 27.9 Å². The van der Waals surface area contributed by atoms with Crippen molar-refractivity contribution in [2.24, 2.45) is 5.92 Å². The summed E-state index contributed by atoms with van der Waals surface area (Å²) in [7, 11) is -3.51. The summed E-state index contributed by atoms with van der Waals surface area (Å²) < 4.78 is 32.3. The van der Waals surface area contributed by atoms with Crippen molar-refractivity contribution in [1.29, 1.82) is 0 Å². The first-order valence-corrected chi connectivity index (χ1v) is 14.4. The second kappa shape index (κ2) is 10.7. The fourth-order valence-corrected chi connectivity index (χ4v) is 6.34. The van der Waals surface area contributed by atoms with E-state index in [4.69, 9.17) is 27.9 Å². The molecule has 4 atom stereocenters. The lowest BCUT2D eigenvalue weighted by Gasteiger charge is -2.48. The van der Waals surface area contributed by atoms with Crippen LogP contribution in [0.4, 0.5) is 0 Å². The molecule has 0 bridgehead atoms. The van der Waals surface area contributed by atoms with Gasteiger partial charge < -0.3 is 14.7 Å². The molecule has 0 spiro atoms. The van der Waals surface area contributed by atoms with Crippen molar-refractivity contribution in [3.63, 3.8) is 0 Å². The quantitative estimate of drug-likeness (QED) is 0.464. The minimum atomic E-state index is -3.51. The third-order valence-electron chi connectivity index (χ3n) is 6.82. The molecule has 1 aliphatic heterocycles. The smallest absolute Gasteiger partial charge is 0.306 e. The molecule has 1 aliphatic carbocycles. The lowest BCUT2D eigenvalue weighted by atomic mass is 9.89. The van der Waals surface area contributed by atoms with Crippen molar-refractivity contribution in [3.8, 4) is 0 Å². The Morgan fingerprint density at radius 2 is 1.75 bits per heavy atom. The number of aliphatic carboxylic acids is 1. The molecule has 1 saturated heterocycles. The van der Waals surface area contributed by atoms with E-state index in [0.29, 0.717) is 21.2 Å². The van der Waals surface area contributed by atoms with Crippen LogP contribution in [-0.4, -0.2) is 53.4 Å². The number of carbonyl (C=O) groups excluding carboxylic acids is 1. The maximum atomic E-state index is 13.9. The predicted molar refractivity (Wildman–Crippen MR) is 138 cm³/mol. The van der Waals surface area contributed by atoms with Crippen LogP contribution in [0.1, 0.15) is 56.4 Å². The van der Waals surface area contributed by atoms with Gasteiger partial charge in [-0.05, 0) is 68.0 Å². The Labute approximate surface area is 221 Å². The lowest BCUT2D eigenvalue weighted by molar-refractivity contribution is -0.183. The standard InChI is InChI=1S/C26H29Cl2NO6S/c1-15(2)36(33,34)14-21(16-6-7-16)29-24(17-8-10-19(27)11-9-17)25(18-4-3-5-20(28)12-18)35-22(26(29)32)13-23(30)31/h3-5,8-12,15-16,21-22,24-25H,6-7,13-14H2,1-2H3,(H,30,31)/t21-,22-,24-,25-/m1/s1. The van der Waals surface area contributed by atoms with Crippen molar-refractivity contribution in [3.05, 3.63) is 69.7 Å². The summed E-state index contributed by atoms with van der Waals surface area (Å²) in [5, 5.41) is 9.89. The van der Waals surface area contributed by atoms with Gasteiger partial charge in [0.2, 0.25) is 0 Å². The molecule has 1 heterocycles. The van der Waals surface area contributed by atoms with E-state index in [-0.39, 0.29) is 11.7 Å². The highest BCUT2D eigenvalue weighted by atomic mass is 35.5. The van der Waals surface area contributed by atoms with Crippen LogP contribution in [0.25, 0.3) is 0 Å². The molecule has 1 amide bonds. The van der Waals surface area contributed by atoms with E-state index >= 15 is 0 Å². The Kier molecular flexibility index (Phi) is 8.00. The van der Waals surface area contributed by atoms with Gasteiger partial charge in [0.05, 0.1) is 23.5 Å². The summed E-state index contributed by atoms with van der Waals surface area (Å²) >= 11 is 12.4. The molecule has 1 N–H and O–H groups in total. The number of ether oxygens (including phenoxy) is 1. The first-order valence-electron chi connectivity index (χ1n) is 11.9. The molecule has 36 heavy (non-hydrogen) atoms. The largest absolute Gasteiger partial charge is 0.481 e. The number of nitrogens with zero attached hydrogens (tertiary/aromatic N) is 1. The highest BCUT2D eigenvalue weighted by Crippen LogP contribution is 2.48. The van der Waals surface area contributed by atoms with E-state index in [1.165, 1.54) is 0 Å². The van der Waals surface area contributed by atoms with Crippen LogP contribution in [0, 0.1) is 5.92 Å². The summed E-state index contributed by atoms with van der Waals surface area (Å²) in [5.41, 5.74) is 1.37. The van der Waals surface area contributed by atoms with Crippen LogP contribution in [0.2, 0.25) is 10.0 Å². The summed E-state index contributed by atoms with van der Waals surface area (Å²) in [5.74, 6) is -1.90. The number of benzene rings is 2. The van der Waals surface area contributed by atoms with Gasteiger partial charge in [-0.15, -0.1) is 0 Å². The van der Waals surface area contributed by atoms with Crippen molar-refractivity contribution in [1.82, 2.24) is 4.90 Å². The van der Waals surface area contributed by atoms with Gasteiger partial charge >= 0.3 is 5.97 Å². The predicted octanol–water partition coefficient (Wildman–Crippen LogP) is 5.08. The average molecular weight is 554 g/mol. The molecule has 0 aromatic heterocycles. The van der Waals surface area contributed by atoms with E-state index in [9.17, 15) is 23.1 Å². The zero-order valence-corrected chi connectivity index (χ0v) is 22.3. The minimum absolute atomic E-state index is 0.000801. The summed E-state index contributed by atoms with van der Waals surface area (Å²) in [4.78, 5) is 27.1. The van der Waals surface area contributed by atoms with Crippen LogP contribution in [-0.2, 0) is 24.2 Å². The van der Waals surface area contributed by atoms with Crippen LogP contribution in [0.5, 0.6) is 0 Å². The number of carboxylic acids is 1. The molecule has 0 radical (unpaired) electrons.